The summed E-state index contributed by atoms with van der Waals surface area (Å²) in [5.41, 5.74) is 3.00. The van der Waals surface area contributed by atoms with Crippen molar-refractivity contribution in [1.29, 1.82) is 0 Å². The van der Waals surface area contributed by atoms with E-state index in [4.69, 9.17) is 5.84 Å². The molecule has 0 saturated carbocycles. The number of fused-ring (bicyclic) bond motifs is 1. The second kappa shape index (κ2) is 4.91. The molecule has 0 unspecified atom stereocenters. The van der Waals surface area contributed by atoms with Crippen molar-refractivity contribution in [2.45, 2.75) is 18.9 Å². The Morgan fingerprint density at radius 3 is 3.00 bits per heavy atom. The van der Waals surface area contributed by atoms with Gasteiger partial charge in [-0.2, -0.15) is 0 Å². The molecule has 0 bridgehead atoms. The van der Waals surface area contributed by atoms with Crippen LogP contribution in [-0.4, -0.2) is 31.6 Å². The maximum atomic E-state index is 11.6. The molecule has 0 aromatic carbocycles. The average molecular weight is 266 g/mol. The van der Waals surface area contributed by atoms with Crippen LogP contribution in [0.2, 0.25) is 0 Å². The number of carbonyl (C=O) groups is 1. The van der Waals surface area contributed by atoms with Crippen LogP contribution in [0.1, 0.15) is 13.8 Å². The first-order chi connectivity index (χ1) is 8.54. The normalized spacial score (nSPS) is 11.7. The van der Waals surface area contributed by atoms with Crippen molar-refractivity contribution in [3.8, 4) is 0 Å². The highest BCUT2D eigenvalue weighted by Gasteiger charge is 2.27. The van der Waals surface area contributed by atoms with E-state index >= 15 is 0 Å². The minimum atomic E-state index is -0.573. The lowest BCUT2D eigenvalue weighted by Crippen LogP contribution is -2.42. The van der Waals surface area contributed by atoms with Crippen molar-refractivity contribution in [3.63, 3.8) is 0 Å². The highest BCUT2D eigenvalue weighted by atomic mass is 32.2. The lowest BCUT2D eigenvalue weighted by atomic mass is 9.96. The van der Waals surface area contributed by atoms with Gasteiger partial charge in [0.1, 0.15) is 16.9 Å². The highest BCUT2D eigenvalue weighted by Crippen LogP contribution is 2.29. The number of aromatic nitrogens is 4. The number of thioether (sulfide) groups is 1. The molecule has 0 saturated heterocycles. The van der Waals surface area contributed by atoms with Crippen LogP contribution in [-0.2, 0) is 4.79 Å². The molecule has 0 aliphatic carbocycles. The van der Waals surface area contributed by atoms with Crippen molar-refractivity contribution in [2.75, 3.05) is 5.75 Å². The number of hydrogen-bond donors (Lipinski definition) is 3. The molecule has 2 heterocycles. The third-order valence-corrected chi connectivity index (χ3v) is 3.95. The molecule has 1 amide bonds. The number of H-pyrrole nitrogens is 1. The number of aromatic amines is 1. The lowest BCUT2D eigenvalue weighted by Gasteiger charge is -2.21. The number of nitrogens with zero attached hydrogens (tertiary/aromatic N) is 3. The van der Waals surface area contributed by atoms with Crippen molar-refractivity contribution in [3.05, 3.63) is 12.7 Å². The van der Waals surface area contributed by atoms with Gasteiger partial charge in [0.2, 0.25) is 5.91 Å². The van der Waals surface area contributed by atoms with Crippen molar-refractivity contribution in [1.82, 2.24) is 25.4 Å². The monoisotopic (exact) mass is 266 g/mol. The minimum Gasteiger partial charge on any atom is -0.341 e. The van der Waals surface area contributed by atoms with Gasteiger partial charge in [-0.15, -0.1) is 11.8 Å². The zero-order chi connectivity index (χ0) is 13.2. The number of amides is 1. The lowest BCUT2D eigenvalue weighted by molar-refractivity contribution is -0.128. The highest BCUT2D eigenvalue weighted by molar-refractivity contribution is 7.99. The zero-order valence-corrected chi connectivity index (χ0v) is 10.9. The summed E-state index contributed by atoms with van der Waals surface area (Å²) in [6, 6.07) is 0. The average Bonchev–Trinajstić information content (AvgIpc) is 2.84. The number of nitrogens with two attached hydrogens (primary N) is 1. The van der Waals surface area contributed by atoms with Gasteiger partial charge < -0.3 is 4.98 Å². The van der Waals surface area contributed by atoms with Crippen LogP contribution in [0.25, 0.3) is 11.2 Å². The number of rotatable bonds is 4. The molecule has 8 heteroatoms. The molecule has 0 aliphatic heterocycles. The molecular formula is C10H14N6OS. The summed E-state index contributed by atoms with van der Waals surface area (Å²) in [5, 5.41) is 0.774. The molecule has 0 radical (unpaired) electrons. The van der Waals surface area contributed by atoms with Crippen molar-refractivity contribution >= 4 is 28.8 Å². The summed E-state index contributed by atoms with van der Waals surface area (Å²) in [6.45, 7) is 3.65. The molecule has 2 aromatic heterocycles. The Balaban J connectivity index is 2.15. The summed E-state index contributed by atoms with van der Waals surface area (Å²) in [5.74, 6) is 5.50. The number of hydrazine groups is 1. The Kier molecular flexibility index (Phi) is 3.48. The van der Waals surface area contributed by atoms with E-state index in [1.54, 1.807) is 6.33 Å². The topological polar surface area (TPSA) is 110 Å². The van der Waals surface area contributed by atoms with Gasteiger partial charge in [0, 0.05) is 5.75 Å². The van der Waals surface area contributed by atoms with Crippen molar-refractivity contribution < 1.29 is 4.79 Å². The summed E-state index contributed by atoms with van der Waals surface area (Å²) < 4.78 is 0. The largest absolute Gasteiger partial charge is 0.341 e. The Morgan fingerprint density at radius 1 is 1.50 bits per heavy atom. The van der Waals surface area contributed by atoms with Crippen LogP contribution in [0.3, 0.4) is 0 Å². The van der Waals surface area contributed by atoms with E-state index in [1.807, 2.05) is 13.8 Å². The molecule has 96 valence electrons. The first kappa shape index (κ1) is 12.8. The standard InChI is InChI=1S/C10H14N6OS/c1-10(2,9(17)16-11)3-18-8-6-7(13-4-12-6)14-5-15-8/h4-5H,3,11H2,1-2H3,(H,16,17)(H,12,13,14,15). The fraction of sp³-hybridized carbons (Fsp3) is 0.400. The third-order valence-electron chi connectivity index (χ3n) is 2.50. The third kappa shape index (κ3) is 2.44. The second-order valence-corrected chi connectivity index (χ2v) is 5.39. The van der Waals surface area contributed by atoms with E-state index in [2.05, 4.69) is 25.4 Å². The quantitative estimate of drug-likeness (QED) is 0.244. The van der Waals surface area contributed by atoms with Gasteiger partial charge in [-0.25, -0.2) is 20.8 Å². The second-order valence-electron chi connectivity index (χ2n) is 4.43. The van der Waals surface area contributed by atoms with Crippen LogP contribution in [0.15, 0.2) is 17.7 Å². The van der Waals surface area contributed by atoms with Crippen LogP contribution < -0.4 is 11.3 Å². The van der Waals surface area contributed by atoms with E-state index < -0.39 is 5.41 Å². The number of hydrogen-bond acceptors (Lipinski definition) is 6. The van der Waals surface area contributed by atoms with Gasteiger partial charge in [-0.05, 0) is 0 Å². The van der Waals surface area contributed by atoms with Crippen LogP contribution in [0, 0.1) is 5.41 Å². The molecule has 0 aliphatic rings. The SMILES string of the molecule is CC(C)(CSc1ncnc2nc[nH]c12)C(=O)NN. The maximum absolute atomic E-state index is 11.6. The Morgan fingerprint density at radius 2 is 2.28 bits per heavy atom. The van der Waals surface area contributed by atoms with Gasteiger partial charge in [0.05, 0.1) is 11.7 Å². The fourth-order valence-electron chi connectivity index (χ4n) is 1.36. The molecule has 0 spiro atoms. The van der Waals surface area contributed by atoms with Gasteiger partial charge in [0.25, 0.3) is 0 Å². The molecular weight excluding hydrogens is 252 g/mol. The molecule has 18 heavy (non-hydrogen) atoms. The number of nitrogens with one attached hydrogen (secondary N) is 2. The predicted octanol–water partition coefficient (Wildman–Crippen LogP) is 0.461. The molecule has 2 aromatic rings. The smallest absolute Gasteiger partial charge is 0.240 e. The van der Waals surface area contributed by atoms with E-state index in [9.17, 15) is 4.79 Å². The van der Waals surface area contributed by atoms with E-state index in [0.717, 1.165) is 10.5 Å². The Bertz CT molecular complexity index is 566. The summed E-state index contributed by atoms with van der Waals surface area (Å²) in [6.07, 6.45) is 3.03. The Labute approximate surface area is 108 Å². The summed E-state index contributed by atoms with van der Waals surface area (Å²) in [4.78, 5) is 26.8. The van der Waals surface area contributed by atoms with Gasteiger partial charge in [0.15, 0.2) is 5.65 Å². The molecule has 0 fully saturated rings. The zero-order valence-electron chi connectivity index (χ0n) is 10.1. The molecule has 4 N–H and O–H groups in total. The molecule has 2 rings (SSSR count). The first-order valence-electron chi connectivity index (χ1n) is 5.32. The molecule has 7 nitrogen and oxygen atoms in total. The van der Waals surface area contributed by atoms with Crippen LogP contribution in [0.5, 0.6) is 0 Å². The molecule has 0 atom stereocenters. The van der Waals surface area contributed by atoms with E-state index in [0.29, 0.717) is 11.4 Å². The first-order valence-corrected chi connectivity index (χ1v) is 6.31. The van der Waals surface area contributed by atoms with Crippen molar-refractivity contribution in [2.24, 2.45) is 11.3 Å². The minimum absolute atomic E-state index is 0.204. The van der Waals surface area contributed by atoms with Gasteiger partial charge in [-0.1, -0.05) is 13.8 Å². The summed E-state index contributed by atoms with van der Waals surface area (Å²) >= 11 is 1.47. The van der Waals surface area contributed by atoms with E-state index in [1.165, 1.54) is 18.1 Å². The number of carbonyl (C=O) groups excluding carboxylic acids is 1. The predicted molar refractivity (Wildman–Crippen MR) is 68.5 cm³/mol. The van der Waals surface area contributed by atoms with Gasteiger partial charge >= 0.3 is 0 Å². The number of imidazole rings is 1. The maximum Gasteiger partial charge on any atom is 0.240 e. The van der Waals surface area contributed by atoms with Crippen LogP contribution in [0.4, 0.5) is 0 Å². The fourth-order valence-corrected chi connectivity index (χ4v) is 2.41. The van der Waals surface area contributed by atoms with Crippen LogP contribution >= 0.6 is 11.8 Å². The summed E-state index contributed by atoms with van der Waals surface area (Å²) in [7, 11) is 0. The Hall–Kier alpha value is -1.67. The van der Waals surface area contributed by atoms with Gasteiger partial charge in [-0.3, -0.25) is 10.2 Å². The van der Waals surface area contributed by atoms with E-state index in [-0.39, 0.29) is 5.91 Å².